The quantitative estimate of drug-likeness (QED) is 0.824. The van der Waals surface area contributed by atoms with E-state index in [1.54, 1.807) is 26.4 Å². The lowest BCUT2D eigenvalue weighted by Crippen LogP contribution is -1.97. The van der Waals surface area contributed by atoms with Crippen LogP contribution in [0.1, 0.15) is 5.56 Å². The van der Waals surface area contributed by atoms with Gasteiger partial charge in [0.2, 0.25) is 0 Å². The summed E-state index contributed by atoms with van der Waals surface area (Å²) in [6.07, 6.45) is 0.281. The molecule has 2 rings (SSSR count). The van der Waals surface area contributed by atoms with Gasteiger partial charge in [0.1, 0.15) is 11.5 Å². The molecule has 0 saturated heterocycles. The molecule has 0 atom stereocenters. The number of nitrogen functional groups attached to an aromatic ring is 1. The lowest BCUT2D eigenvalue weighted by Gasteiger charge is -2.12. The Morgan fingerprint density at radius 3 is 2.29 bits per heavy atom. The van der Waals surface area contributed by atoms with Crippen molar-refractivity contribution >= 4 is 17.1 Å². The maximum Gasteiger partial charge on any atom is 0.124 e. The van der Waals surface area contributed by atoms with Crippen LogP contribution < -0.4 is 20.5 Å². The monoisotopic (exact) mass is 283 g/mol. The van der Waals surface area contributed by atoms with E-state index in [1.807, 2.05) is 24.3 Å². The molecular formula is C16H17N3O2. The molecular weight excluding hydrogens is 266 g/mol. The average Bonchev–Trinajstić information content (AvgIpc) is 2.50. The van der Waals surface area contributed by atoms with E-state index >= 15 is 0 Å². The van der Waals surface area contributed by atoms with E-state index in [2.05, 4.69) is 11.4 Å². The topological polar surface area (TPSA) is 80.3 Å². The Morgan fingerprint density at radius 2 is 1.71 bits per heavy atom. The summed E-state index contributed by atoms with van der Waals surface area (Å²) in [5, 5.41) is 12.1. The van der Waals surface area contributed by atoms with E-state index in [0.29, 0.717) is 17.2 Å². The van der Waals surface area contributed by atoms with Crippen LogP contribution in [0.2, 0.25) is 0 Å². The number of nitrogens with two attached hydrogens (primary N) is 1. The van der Waals surface area contributed by atoms with Crippen LogP contribution in [0.4, 0.5) is 17.1 Å². The predicted molar refractivity (Wildman–Crippen MR) is 83.0 cm³/mol. The van der Waals surface area contributed by atoms with Gasteiger partial charge in [0.25, 0.3) is 0 Å². The van der Waals surface area contributed by atoms with Gasteiger partial charge in [0.15, 0.2) is 0 Å². The summed E-state index contributed by atoms with van der Waals surface area (Å²) in [6.45, 7) is 0. The summed E-state index contributed by atoms with van der Waals surface area (Å²) >= 11 is 0. The van der Waals surface area contributed by atoms with Gasteiger partial charge >= 0.3 is 0 Å². The first-order chi connectivity index (χ1) is 10.2. The molecule has 0 aromatic heterocycles. The number of rotatable bonds is 5. The smallest absolute Gasteiger partial charge is 0.124 e. The van der Waals surface area contributed by atoms with Crippen LogP contribution in [0.15, 0.2) is 36.4 Å². The molecule has 0 heterocycles. The fourth-order valence-corrected chi connectivity index (χ4v) is 1.97. The van der Waals surface area contributed by atoms with Gasteiger partial charge in [-0.3, -0.25) is 0 Å². The predicted octanol–water partition coefficient (Wildman–Crippen LogP) is 3.10. The van der Waals surface area contributed by atoms with Gasteiger partial charge in [-0.25, -0.2) is 0 Å². The Labute approximate surface area is 123 Å². The number of ether oxygens (including phenoxy) is 2. The summed E-state index contributed by atoms with van der Waals surface area (Å²) in [4.78, 5) is 0. The Bertz CT molecular complexity index is 655. The van der Waals surface area contributed by atoms with Crippen molar-refractivity contribution in [3.8, 4) is 17.6 Å². The number of nitrogens with one attached hydrogen (secondary N) is 1. The molecule has 0 radical (unpaired) electrons. The molecule has 5 nitrogen and oxygen atoms in total. The fourth-order valence-electron chi connectivity index (χ4n) is 1.97. The normalized spacial score (nSPS) is 9.76. The van der Waals surface area contributed by atoms with Crippen LogP contribution >= 0.6 is 0 Å². The highest BCUT2D eigenvalue weighted by molar-refractivity contribution is 5.67. The lowest BCUT2D eigenvalue weighted by molar-refractivity contribution is 0.395. The van der Waals surface area contributed by atoms with Gasteiger partial charge in [0.05, 0.1) is 26.7 Å². The molecule has 0 aliphatic carbocycles. The van der Waals surface area contributed by atoms with Crippen LogP contribution in [0.5, 0.6) is 11.5 Å². The fraction of sp³-hybridized carbons (Fsp3) is 0.188. The summed E-state index contributed by atoms with van der Waals surface area (Å²) in [6, 6.07) is 13.1. The van der Waals surface area contributed by atoms with Crippen molar-refractivity contribution in [3.05, 3.63) is 42.0 Å². The molecule has 0 fully saturated rings. The van der Waals surface area contributed by atoms with Crippen molar-refractivity contribution in [2.24, 2.45) is 0 Å². The third-order valence-electron chi connectivity index (χ3n) is 3.05. The molecule has 0 aliphatic heterocycles. The van der Waals surface area contributed by atoms with Crippen molar-refractivity contribution < 1.29 is 9.47 Å². The van der Waals surface area contributed by atoms with E-state index in [4.69, 9.17) is 20.5 Å². The number of benzene rings is 2. The van der Waals surface area contributed by atoms with E-state index in [0.717, 1.165) is 16.9 Å². The van der Waals surface area contributed by atoms with E-state index < -0.39 is 0 Å². The molecule has 0 bridgehead atoms. The summed E-state index contributed by atoms with van der Waals surface area (Å²) in [5.74, 6) is 1.40. The zero-order chi connectivity index (χ0) is 15.2. The van der Waals surface area contributed by atoms with E-state index in [9.17, 15) is 0 Å². The molecule has 108 valence electrons. The molecule has 3 N–H and O–H groups in total. The second-order valence-corrected chi connectivity index (χ2v) is 4.47. The molecule has 0 unspecified atom stereocenters. The maximum atomic E-state index is 8.80. The number of nitriles is 1. The van der Waals surface area contributed by atoms with Crippen molar-refractivity contribution in [1.82, 2.24) is 0 Å². The SMILES string of the molecule is COc1cc(Nc2ccc(N)c(CC#N)c2)cc(OC)c1. The molecule has 2 aromatic carbocycles. The van der Waals surface area contributed by atoms with Crippen molar-refractivity contribution in [2.75, 3.05) is 25.3 Å². The highest BCUT2D eigenvalue weighted by Gasteiger charge is 2.05. The third kappa shape index (κ3) is 3.57. The Morgan fingerprint density at radius 1 is 1.05 bits per heavy atom. The largest absolute Gasteiger partial charge is 0.497 e. The summed E-state index contributed by atoms with van der Waals surface area (Å²) in [7, 11) is 3.21. The molecule has 5 heteroatoms. The second kappa shape index (κ2) is 6.53. The van der Waals surface area contributed by atoms with Gasteiger partial charge in [0, 0.05) is 35.3 Å². The van der Waals surface area contributed by atoms with Gasteiger partial charge < -0.3 is 20.5 Å². The Balaban J connectivity index is 2.29. The highest BCUT2D eigenvalue weighted by Crippen LogP contribution is 2.29. The molecule has 0 saturated carbocycles. The lowest BCUT2D eigenvalue weighted by atomic mass is 10.1. The minimum absolute atomic E-state index is 0.281. The minimum Gasteiger partial charge on any atom is -0.497 e. The zero-order valence-electron chi connectivity index (χ0n) is 12.0. The van der Waals surface area contributed by atoms with Crippen LogP contribution in [0.3, 0.4) is 0 Å². The standard InChI is InChI=1S/C16H17N3O2/c1-20-14-8-13(9-15(10-14)21-2)19-12-3-4-16(18)11(7-12)5-6-17/h3-4,7-10,19H,5,18H2,1-2H3. The van der Waals surface area contributed by atoms with Gasteiger partial charge in [-0.05, 0) is 23.8 Å². The Hall–Kier alpha value is -2.87. The highest BCUT2D eigenvalue weighted by atomic mass is 16.5. The zero-order valence-corrected chi connectivity index (χ0v) is 12.0. The summed E-state index contributed by atoms with van der Waals surface area (Å²) < 4.78 is 10.5. The number of nitrogens with zero attached hydrogens (tertiary/aromatic N) is 1. The van der Waals surface area contributed by atoms with Crippen LogP contribution in [0.25, 0.3) is 0 Å². The van der Waals surface area contributed by atoms with Gasteiger partial charge in [-0.2, -0.15) is 5.26 Å². The minimum atomic E-state index is 0.281. The van der Waals surface area contributed by atoms with E-state index in [1.165, 1.54) is 0 Å². The average molecular weight is 283 g/mol. The van der Waals surface area contributed by atoms with Crippen molar-refractivity contribution in [2.45, 2.75) is 6.42 Å². The molecule has 0 aliphatic rings. The number of hydrogen-bond acceptors (Lipinski definition) is 5. The molecule has 0 amide bonds. The number of hydrogen-bond donors (Lipinski definition) is 2. The summed E-state index contributed by atoms with van der Waals surface area (Å²) in [5.41, 5.74) is 8.94. The first-order valence-corrected chi connectivity index (χ1v) is 6.41. The van der Waals surface area contributed by atoms with Crippen LogP contribution in [-0.4, -0.2) is 14.2 Å². The first kappa shape index (κ1) is 14.5. The van der Waals surface area contributed by atoms with Crippen molar-refractivity contribution in [3.63, 3.8) is 0 Å². The third-order valence-corrected chi connectivity index (χ3v) is 3.05. The van der Waals surface area contributed by atoms with E-state index in [-0.39, 0.29) is 6.42 Å². The van der Waals surface area contributed by atoms with Crippen LogP contribution in [-0.2, 0) is 6.42 Å². The maximum absolute atomic E-state index is 8.80. The van der Waals surface area contributed by atoms with Crippen LogP contribution in [0, 0.1) is 11.3 Å². The molecule has 2 aromatic rings. The first-order valence-electron chi connectivity index (χ1n) is 6.41. The number of anilines is 3. The van der Waals surface area contributed by atoms with Gasteiger partial charge in [-0.1, -0.05) is 0 Å². The molecule has 21 heavy (non-hydrogen) atoms. The van der Waals surface area contributed by atoms with Gasteiger partial charge in [-0.15, -0.1) is 0 Å². The molecule has 0 spiro atoms. The Kier molecular flexibility index (Phi) is 4.52. The van der Waals surface area contributed by atoms with Crippen molar-refractivity contribution in [1.29, 1.82) is 5.26 Å². The number of methoxy groups -OCH3 is 2. The second-order valence-electron chi connectivity index (χ2n) is 4.47.